The third-order valence-corrected chi connectivity index (χ3v) is 4.54. The zero-order chi connectivity index (χ0) is 18.1. The van der Waals surface area contributed by atoms with Gasteiger partial charge in [-0.1, -0.05) is 11.8 Å². The van der Waals surface area contributed by atoms with Crippen molar-refractivity contribution < 1.29 is 27.4 Å². The Kier molecular flexibility index (Phi) is 4.88. The summed E-state index contributed by atoms with van der Waals surface area (Å²) in [5.41, 5.74) is 0.362. The summed E-state index contributed by atoms with van der Waals surface area (Å²) in [6.45, 7) is 0. The first kappa shape index (κ1) is 17.6. The molecule has 2 aromatic carbocycles. The van der Waals surface area contributed by atoms with Gasteiger partial charge in [-0.25, -0.2) is 8.78 Å². The van der Waals surface area contributed by atoms with Crippen molar-refractivity contribution in [2.75, 3.05) is 0 Å². The SMILES string of the molecule is N#Cc1cc(F)cc(Oc2ccc(SC(F)F)c3c2CC(F)C3O)c1. The number of halogens is 4. The molecule has 3 nitrogen and oxygen atoms in total. The minimum absolute atomic E-state index is 0.0183. The highest BCUT2D eigenvalue weighted by Crippen LogP contribution is 2.46. The summed E-state index contributed by atoms with van der Waals surface area (Å²) in [4.78, 5) is 0.0713. The van der Waals surface area contributed by atoms with E-state index in [4.69, 9.17) is 10.00 Å². The molecule has 130 valence electrons. The van der Waals surface area contributed by atoms with Crippen LogP contribution in [0.2, 0.25) is 0 Å². The Balaban J connectivity index is 2.02. The van der Waals surface area contributed by atoms with Crippen molar-refractivity contribution in [2.45, 2.75) is 29.3 Å². The van der Waals surface area contributed by atoms with E-state index in [0.29, 0.717) is 0 Å². The van der Waals surface area contributed by atoms with Gasteiger partial charge >= 0.3 is 0 Å². The van der Waals surface area contributed by atoms with E-state index in [0.717, 1.165) is 12.1 Å². The normalized spacial score (nSPS) is 18.9. The smallest absolute Gasteiger partial charge is 0.288 e. The van der Waals surface area contributed by atoms with E-state index >= 15 is 0 Å². The molecule has 0 aromatic heterocycles. The van der Waals surface area contributed by atoms with E-state index in [2.05, 4.69) is 0 Å². The molecule has 0 saturated carbocycles. The maximum absolute atomic E-state index is 13.9. The molecule has 0 bridgehead atoms. The Morgan fingerprint density at radius 2 is 2.04 bits per heavy atom. The molecule has 0 fully saturated rings. The van der Waals surface area contributed by atoms with E-state index in [9.17, 15) is 22.7 Å². The molecule has 2 unspecified atom stereocenters. The molecule has 3 rings (SSSR count). The minimum atomic E-state index is -2.72. The highest BCUT2D eigenvalue weighted by Gasteiger charge is 2.36. The van der Waals surface area contributed by atoms with E-state index in [-0.39, 0.29) is 51.3 Å². The Morgan fingerprint density at radius 3 is 2.72 bits per heavy atom. The first-order valence-electron chi connectivity index (χ1n) is 7.20. The van der Waals surface area contributed by atoms with Crippen molar-refractivity contribution in [1.82, 2.24) is 0 Å². The summed E-state index contributed by atoms with van der Waals surface area (Å²) >= 11 is 0.214. The Labute approximate surface area is 144 Å². The van der Waals surface area contributed by atoms with Crippen molar-refractivity contribution in [3.8, 4) is 17.6 Å². The second kappa shape index (κ2) is 6.94. The van der Waals surface area contributed by atoms with Crippen molar-refractivity contribution in [2.24, 2.45) is 0 Å². The van der Waals surface area contributed by atoms with Crippen molar-refractivity contribution in [3.63, 3.8) is 0 Å². The molecule has 0 amide bonds. The predicted molar refractivity (Wildman–Crippen MR) is 83.1 cm³/mol. The Morgan fingerprint density at radius 1 is 1.28 bits per heavy atom. The van der Waals surface area contributed by atoms with Gasteiger partial charge in [-0.15, -0.1) is 0 Å². The van der Waals surface area contributed by atoms with Crippen LogP contribution >= 0.6 is 11.8 Å². The summed E-state index contributed by atoms with van der Waals surface area (Å²) in [7, 11) is 0. The van der Waals surface area contributed by atoms with Crippen LogP contribution < -0.4 is 4.74 Å². The molecule has 1 aliphatic carbocycles. The van der Waals surface area contributed by atoms with E-state index in [1.54, 1.807) is 6.07 Å². The number of alkyl halides is 3. The lowest BCUT2D eigenvalue weighted by Crippen LogP contribution is -2.07. The van der Waals surface area contributed by atoms with Crippen LogP contribution in [0.25, 0.3) is 0 Å². The molecule has 0 saturated heterocycles. The number of thioether (sulfide) groups is 1. The maximum atomic E-state index is 13.9. The van der Waals surface area contributed by atoms with Gasteiger partial charge in [-0.2, -0.15) is 14.0 Å². The topological polar surface area (TPSA) is 53.2 Å². The van der Waals surface area contributed by atoms with Crippen molar-refractivity contribution >= 4 is 11.8 Å². The second-order valence-electron chi connectivity index (χ2n) is 5.39. The van der Waals surface area contributed by atoms with Crippen LogP contribution in [-0.2, 0) is 6.42 Å². The number of ether oxygens (including phenoxy) is 1. The zero-order valence-electron chi connectivity index (χ0n) is 12.5. The lowest BCUT2D eigenvalue weighted by atomic mass is 10.1. The number of aliphatic hydroxyl groups excluding tert-OH is 1. The van der Waals surface area contributed by atoms with Crippen LogP contribution in [0.15, 0.2) is 35.2 Å². The average molecular weight is 369 g/mol. The highest BCUT2D eigenvalue weighted by molar-refractivity contribution is 7.99. The van der Waals surface area contributed by atoms with Crippen molar-refractivity contribution in [3.05, 3.63) is 52.8 Å². The molecule has 0 radical (unpaired) electrons. The van der Waals surface area contributed by atoms with Crippen LogP contribution in [0.4, 0.5) is 17.6 Å². The Bertz CT molecular complexity index is 853. The first-order valence-corrected chi connectivity index (χ1v) is 8.08. The number of nitriles is 1. The molecule has 1 N–H and O–H groups in total. The third-order valence-electron chi connectivity index (χ3n) is 3.76. The van der Waals surface area contributed by atoms with Gasteiger partial charge in [0.15, 0.2) is 0 Å². The maximum Gasteiger partial charge on any atom is 0.288 e. The summed E-state index contributed by atoms with van der Waals surface area (Å²) < 4.78 is 58.3. The zero-order valence-corrected chi connectivity index (χ0v) is 13.4. The van der Waals surface area contributed by atoms with Gasteiger partial charge in [-0.05, 0) is 24.3 Å². The molecule has 2 atom stereocenters. The molecular formula is C17H11F4NO2S. The number of benzene rings is 2. The number of nitrogens with zero attached hydrogens (tertiary/aromatic N) is 1. The predicted octanol–water partition coefficient (Wildman–Crippen LogP) is 4.73. The van der Waals surface area contributed by atoms with Gasteiger partial charge in [0.25, 0.3) is 5.76 Å². The molecule has 2 aromatic rings. The third kappa shape index (κ3) is 3.57. The van der Waals surface area contributed by atoms with Gasteiger partial charge in [-0.3, -0.25) is 0 Å². The monoisotopic (exact) mass is 369 g/mol. The molecule has 0 aliphatic heterocycles. The number of aliphatic hydroxyl groups is 1. The lowest BCUT2D eigenvalue weighted by molar-refractivity contribution is 0.0908. The summed E-state index contributed by atoms with van der Waals surface area (Å²) in [6, 6.07) is 7.83. The summed E-state index contributed by atoms with van der Waals surface area (Å²) in [6.07, 6.45) is -3.37. The number of fused-ring (bicyclic) bond motifs is 1. The fraction of sp³-hybridized carbons (Fsp3) is 0.235. The van der Waals surface area contributed by atoms with E-state index < -0.39 is 23.9 Å². The van der Waals surface area contributed by atoms with Crippen LogP contribution in [0, 0.1) is 17.1 Å². The highest BCUT2D eigenvalue weighted by atomic mass is 32.2. The van der Waals surface area contributed by atoms with Gasteiger partial charge in [0.05, 0.1) is 11.6 Å². The average Bonchev–Trinajstić information content (AvgIpc) is 2.85. The van der Waals surface area contributed by atoms with Gasteiger partial charge < -0.3 is 9.84 Å². The van der Waals surface area contributed by atoms with Crippen LogP contribution in [0.3, 0.4) is 0 Å². The number of rotatable bonds is 4. The molecule has 0 spiro atoms. The Hall–Kier alpha value is -2.24. The largest absolute Gasteiger partial charge is 0.457 e. The van der Waals surface area contributed by atoms with Crippen LogP contribution in [-0.4, -0.2) is 17.0 Å². The van der Waals surface area contributed by atoms with E-state index in [1.807, 2.05) is 0 Å². The second-order valence-corrected chi connectivity index (χ2v) is 6.42. The van der Waals surface area contributed by atoms with Gasteiger partial charge in [0.1, 0.15) is 29.6 Å². The molecule has 25 heavy (non-hydrogen) atoms. The first-order chi connectivity index (χ1) is 11.9. The van der Waals surface area contributed by atoms with Gasteiger partial charge in [0.2, 0.25) is 0 Å². The molecule has 8 heteroatoms. The summed E-state index contributed by atoms with van der Waals surface area (Å²) in [5.74, 6) is -3.26. The lowest BCUT2D eigenvalue weighted by Gasteiger charge is -2.15. The van der Waals surface area contributed by atoms with Gasteiger partial charge in [0, 0.05) is 28.5 Å². The molecule has 0 heterocycles. The van der Waals surface area contributed by atoms with Crippen molar-refractivity contribution in [1.29, 1.82) is 5.26 Å². The number of hydrogen-bond acceptors (Lipinski definition) is 4. The molecule has 1 aliphatic rings. The van der Waals surface area contributed by atoms with Crippen LogP contribution in [0.1, 0.15) is 22.8 Å². The summed E-state index contributed by atoms with van der Waals surface area (Å²) in [5, 5.41) is 18.8. The number of hydrogen-bond donors (Lipinski definition) is 1. The fourth-order valence-corrected chi connectivity index (χ4v) is 3.46. The minimum Gasteiger partial charge on any atom is -0.457 e. The molecular weight excluding hydrogens is 358 g/mol. The fourth-order valence-electron chi connectivity index (χ4n) is 2.75. The standard InChI is InChI=1S/C17H11F4NO2S/c18-9-3-8(7-22)4-10(5-9)24-13-1-2-14(25-17(20)21)15-11(13)6-12(19)16(15)23/h1-5,12,16-17,23H,6H2. The quantitative estimate of drug-likeness (QED) is 0.625. The van der Waals surface area contributed by atoms with Crippen LogP contribution in [0.5, 0.6) is 11.5 Å². The van der Waals surface area contributed by atoms with E-state index in [1.165, 1.54) is 18.2 Å².